The molecular formula is C120H208B4F4N8O8. The van der Waals surface area contributed by atoms with Crippen LogP contribution in [0.1, 0.15) is 463 Å². The third kappa shape index (κ3) is 103. The smallest absolute Gasteiger partial charge is 0.169 e. The van der Waals surface area contributed by atoms with Crippen LogP contribution >= 0.6 is 0 Å². The lowest BCUT2D eigenvalue weighted by Gasteiger charge is -2.09. The van der Waals surface area contributed by atoms with Gasteiger partial charge in [-0.15, -0.1) is 0 Å². The van der Waals surface area contributed by atoms with Crippen molar-refractivity contribution in [1.82, 2.24) is 0 Å². The Morgan fingerprint density at radius 3 is 0.285 bits per heavy atom. The van der Waals surface area contributed by atoms with Crippen LogP contribution in [0.3, 0.4) is 0 Å². The molecule has 24 heteroatoms. The van der Waals surface area contributed by atoms with Crippen LogP contribution in [0.4, 0.5) is 17.3 Å². The summed E-state index contributed by atoms with van der Waals surface area (Å²) in [5.74, 6) is 0. The zero-order valence-electron chi connectivity index (χ0n) is 94.4. The highest BCUT2D eigenvalue weighted by Gasteiger charge is 2.09. The summed E-state index contributed by atoms with van der Waals surface area (Å²) in [6, 6.07) is 36.5. The maximum atomic E-state index is 9.89. The number of pyridine rings is 8. The van der Waals surface area contributed by atoms with Gasteiger partial charge in [0.15, 0.2) is 99.1 Å². The van der Waals surface area contributed by atoms with Gasteiger partial charge in [-0.05, 0) is 147 Å². The van der Waals surface area contributed by atoms with Gasteiger partial charge in [0.05, 0.1) is 0 Å². The minimum atomic E-state index is -3.17. The molecule has 0 aliphatic heterocycles. The molecule has 8 aromatic rings. The fraction of sp³-hybridized carbons (Fsp3) is 0.667. The summed E-state index contributed by atoms with van der Waals surface area (Å²) in [5, 5.41) is 66.4. The summed E-state index contributed by atoms with van der Waals surface area (Å²) >= 11 is 0. The summed E-state index contributed by atoms with van der Waals surface area (Å²) < 4.78 is 57.9. The average molecular weight is 2010 g/mol. The first kappa shape index (κ1) is 143. The fourth-order valence-electron chi connectivity index (χ4n) is 15.2. The number of rotatable bonds is 64. The molecule has 0 aromatic carbocycles. The van der Waals surface area contributed by atoms with Gasteiger partial charge in [0.1, 0.15) is 81.9 Å². The Labute approximate surface area is 881 Å². The van der Waals surface area contributed by atoms with Crippen molar-refractivity contribution in [3.8, 4) is 0 Å². The Morgan fingerprint density at radius 2 is 0.215 bits per heavy atom. The van der Waals surface area contributed by atoms with Gasteiger partial charge in [-0.2, -0.15) is 0 Å². The number of hydrogen-bond donors (Lipinski definition) is 0. The van der Waals surface area contributed by atoms with Gasteiger partial charge in [-0.25, -0.2) is 36.5 Å². The normalized spacial score (nSPS) is 10.2. The number of nitrogens with zero attached hydrogens (tertiary/aromatic N) is 8. The van der Waals surface area contributed by atoms with Gasteiger partial charge < -0.3 is 57.5 Å². The van der Waals surface area contributed by atoms with Crippen LogP contribution in [0.25, 0.3) is 0 Å². The first-order valence-electron chi connectivity index (χ1n) is 57.5. The molecule has 8 heterocycles. The Morgan fingerprint density at radius 1 is 0.139 bits per heavy atom. The number of halogens is 4. The Hall–Kier alpha value is -7.14. The van der Waals surface area contributed by atoms with Crippen LogP contribution in [0.5, 0.6) is 0 Å². The highest BCUT2D eigenvalue weighted by atomic mass is 19.1. The Kier molecular flexibility index (Phi) is 111. The molecular weight excluding hydrogens is 1800 g/mol. The highest BCUT2D eigenvalue weighted by molar-refractivity contribution is 6.27. The maximum absolute atomic E-state index is 9.89. The molecule has 0 N–H and O–H groups in total. The second kappa shape index (κ2) is 112. The van der Waals surface area contributed by atoms with Crippen LogP contribution < -0.4 is 76.7 Å². The molecule has 144 heavy (non-hydrogen) atoms. The number of unbranched alkanes of at least 4 members (excludes halogenated alkanes) is 32. The topological polar surface area (TPSA) is 216 Å². The van der Waals surface area contributed by atoms with E-state index in [1.54, 1.807) is 0 Å². The predicted molar refractivity (Wildman–Crippen MR) is 583 cm³/mol. The van der Waals surface area contributed by atoms with Gasteiger partial charge in [0.2, 0.25) is 0 Å². The monoisotopic (exact) mass is 2010 g/mol. The molecule has 8 rings (SSSR count). The van der Waals surface area contributed by atoms with Crippen molar-refractivity contribution in [2.24, 2.45) is 0 Å². The first-order valence-corrected chi connectivity index (χ1v) is 57.5. The van der Waals surface area contributed by atoms with Gasteiger partial charge >= 0.3 is 0 Å². The van der Waals surface area contributed by atoms with E-state index in [4.69, 9.17) is 40.2 Å². The number of aryl methyl sites for hydroxylation is 16. The van der Waals surface area contributed by atoms with Crippen molar-refractivity contribution in [3.63, 3.8) is 0 Å². The number of aromatic nitrogens is 8. The summed E-state index contributed by atoms with van der Waals surface area (Å²) in [4.78, 5) is 0. The Balaban J connectivity index is -0.000000760. The first-order chi connectivity index (χ1) is 69.8. The molecule has 0 spiro atoms. The lowest BCUT2D eigenvalue weighted by Crippen LogP contribution is -2.39. The van der Waals surface area contributed by atoms with Crippen molar-refractivity contribution >= 4 is 29.6 Å². The van der Waals surface area contributed by atoms with Crippen LogP contribution in [-0.4, -0.2) is 29.6 Å². The van der Waals surface area contributed by atoms with Crippen LogP contribution in [0, 0.1) is 0 Å². The minimum absolute atomic E-state index is 1.16. The standard InChI is InChI=1S/8C15H26N.4BFO2/c8*1-3-5-7-8-9-15-10-13-16(14-11-15)12-6-4-2;4*2-1(3)4/h8*10-11,13-14H,3-9,12H2,1-2H3;;;;/q8*+1;4*-2. The molecule has 0 radical (unpaired) electrons. The zero-order chi connectivity index (χ0) is 107. The molecule has 0 atom stereocenters. The van der Waals surface area contributed by atoms with E-state index in [2.05, 4.69) is 344 Å². The van der Waals surface area contributed by atoms with Crippen molar-refractivity contribution < 1.29 is 94.0 Å². The van der Waals surface area contributed by atoms with E-state index in [1.165, 1.54) is 404 Å². The third-order valence-electron chi connectivity index (χ3n) is 24.4. The summed E-state index contributed by atoms with van der Waals surface area (Å²) in [5.41, 5.74) is 11.9. The number of hydrogen-bond acceptors (Lipinski definition) is 8. The van der Waals surface area contributed by atoms with Crippen LogP contribution in [0.15, 0.2) is 196 Å². The van der Waals surface area contributed by atoms with Crippen molar-refractivity contribution in [2.75, 3.05) is 0 Å². The van der Waals surface area contributed by atoms with Crippen LogP contribution in [0.2, 0.25) is 0 Å². The summed E-state index contributed by atoms with van der Waals surface area (Å²) in [6.45, 7) is 45.3. The second-order valence-corrected chi connectivity index (χ2v) is 38.0. The predicted octanol–water partition coefficient (Wildman–Crippen LogP) is 21.8. The molecule has 16 nitrogen and oxygen atoms in total. The molecule has 0 saturated carbocycles. The second-order valence-electron chi connectivity index (χ2n) is 38.0. The molecule has 0 aliphatic rings. The molecule has 0 unspecified atom stereocenters. The molecule has 0 amide bonds. The highest BCUT2D eigenvalue weighted by Crippen LogP contribution is 2.15. The van der Waals surface area contributed by atoms with E-state index in [-0.39, 0.29) is 0 Å². The quantitative estimate of drug-likeness (QED) is 0.0154. The molecule has 0 saturated heterocycles. The van der Waals surface area contributed by atoms with Gasteiger partial charge in [0.25, 0.3) is 0 Å². The van der Waals surface area contributed by atoms with E-state index in [0.717, 1.165) is 52.4 Å². The summed E-state index contributed by atoms with van der Waals surface area (Å²) in [6.07, 6.45) is 109. The SMILES string of the molecule is CCCCCCc1cc[n+](CCCC)cc1.CCCCCCc1cc[n+](CCCC)cc1.CCCCCCc1cc[n+](CCCC)cc1.CCCCCCc1cc[n+](CCCC)cc1.CCCCCCc1cc[n+](CCCC)cc1.CCCCCCc1cc[n+](CCCC)cc1.CCCCCCc1cc[n+](CCCC)cc1.CCCCCCc1cc[n+](CCCC)cc1.[O-]B([O-])F.[O-]B([O-])F.[O-]B([O-])F.[O-]B([O-])F. The van der Waals surface area contributed by atoms with E-state index in [9.17, 15) is 17.3 Å². The lowest BCUT2D eigenvalue weighted by atomic mass is 10.1. The average Bonchev–Trinajstić information content (AvgIpc) is 0.957. The maximum Gasteiger partial charge on any atom is 0.169 e. The van der Waals surface area contributed by atoms with Crippen LogP contribution in [-0.2, 0) is 104 Å². The van der Waals surface area contributed by atoms with Crippen molar-refractivity contribution in [1.29, 1.82) is 0 Å². The van der Waals surface area contributed by atoms with E-state index >= 15 is 0 Å². The van der Waals surface area contributed by atoms with Crippen molar-refractivity contribution in [2.45, 2.75) is 523 Å². The van der Waals surface area contributed by atoms with E-state index < -0.39 is 29.6 Å². The molecule has 816 valence electrons. The van der Waals surface area contributed by atoms with Gasteiger partial charge in [-0.3, -0.25) is 0 Å². The lowest BCUT2D eigenvalue weighted by molar-refractivity contribution is -0.697. The fourth-order valence-corrected chi connectivity index (χ4v) is 15.2. The van der Waals surface area contributed by atoms with E-state index in [1.807, 2.05) is 0 Å². The third-order valence-corrected chi connectivity index (χ3v) is 24.4. The Bertz CT molecular complexity index is 3100. The molecule has 8 aromatic heterocycles. The van der Waals surface area contributed by atoms with Gasteiger partial charge in [-0.1, -0.05) is 316 Å². The minimum Gasteiger partial charge on any atom is -0.867 e. The van der Waals surface area contributed by atoms with Crippen molar-refractivity contribution in [3.05, 3.63) is 241 Å². The summed E-state index contributed by atoms with van der Waals surface area (Å²) in [7, 11) is -12.7. The molecule has 0 aliphatic carbocycles. The van der Waals surface area contributed by atoms with E-state index in [0.29, 0.717) is 0 Å². The van der Waals surface area contributed by atoms with Gasteiger partial charge in [0, 0.05) is 148 Å². The molecule has 0 bridgehead atoms. The molecule has 0 fully saturated rings. The largest absolute Gasteiger partial charge is 0.867 e. The zero-order valence-corrected chi connectivity index (χ0v) is 94.4.